The summed E-state index contributed by atoms with van der Waals surface area (Å²) in [6.45, 7) is 4.96. The predicted molar refractivity (Wildman–Crippen MR) is 144 cm³/mol. The molecule has 0 spiro atoms. The van der Waals surface area contributed by atoms with Gasteiger partial charge < -0.3 is 15.8 Å². The summed E-state index contributed by atoms with van der Waals surface area (Å²) in [7, 11) is 0. The first-order valence-electron chi connectivity index (χ1n) is 11.9. The third-order valence-electron chi connectivity index (χ3n) is 6.08. The van der Waals surface area contributed by atoms with E-state index in [9.17, 15) is 18.0 Å². The Morgan fingerprint density at radius 1 is 1.11 bits per heavy atom. The van der Waals surface area contributed by atoms with Gasteiger partial charge in [-0.05, 0) is 62.1 Å². The van der Waals surface area contributed by atoms with Gasteiger partial charge >= 0.3 is 6.18 Å². The average molecular weight is 591 g/mol. The number of nitrogens with zero attached hydrogens (tertiary/aromatic N) is 1. The number of benzene rings is 2. The zero-order valence-electron chi connectivity index (χ0n) is 21.3. The van der Waals surface area contributed by atoms with Crippen LogP contribution in [0.5, 0.6) is 5.88 Å². The number of ether oxygens (including phenoxy) is 1. The van der Waals surface area contributed by atoms with Crippen molar-refractivity contribution in [2.75, 3.05) is 0 Å². The number of rotatable bonds is 10. The van der Waals surface area contributed by atoms with Gasteiger partial charge in [-0.3, -0.25) is 10.2 Å². The summed E-state index contributed by atoms with van der Waals surface area (Å²) in [5.74, 6) is -0.600. The van der Waals surface area contributed by atoms with E-state index in [4.69, 9.17) is 15.9 Å². The lowest BCUT2D eigenvalue weighted by atomic mass is 9.85. The van der Waals surface area contributed by atoms with E-state index in [0.29, 0.717) is 19.0 Å². The smallest absolute Gasteiger partial charge is 0.417 e. The minimum Gasteiger partial charge on any atom is -0.462 e. The maximum Gasteiger partial charge on any atom is 0.417 e. The van der Waals surface area contributed by atoms with E-state index in [1.807, 2.05) is 55.5 Å². The van der Waals surface area contributed by atoms with Crippen LogP contribution in [0.25, 0.3) is 0 Å². The molecule has 3 rings (SSSR count). The van der Waals surface area contributed by atoms with Gasteiger partial charge in [-0.1, -0.05) is 52.3 Å². The molecular formula is C28H30BrF3N4O2. The molecule has 0 fully saturated rings. The number of nitrogens with one attached hydrogen (secondary N) is 2. The van der Waals surface area contributed by atoms with Crippen molar-refractivity contribution in [2.45, 2.75) is 57.3 Å². The lowest BCUT2D eigenvalue weighted by Crippen LogP contribution is -2.51. The summed E-state index contributed by atoms with van der Waals surface area (Å²) < 4.78 is 45.2. The number of hydrogen-bond acceptors (Lipinski definition) is 4. The van der Waals surface area contributed by atoms with Gasteiger partial charge in [0.1, 0.15) is 0 Å². The van der Waals surface area contributed by atoms with Crippen LogP contribution in [0.2, 0.25) is 0 Å². The third-order valence-corrected chi connectivity index (χ3v) is 6.60. The first-order valence-corrected chi connectivity index (χ1v) is 12.7. The normalized spacial score (nSPS) is 13.4. The molecule has 2 aromatic carbocycles. The van der Waals surface area contributed by atoms with Gasteiger partial charge in [-0.25, -0.2) is 4.98 Å². The van der Waals surface area contributed by atoms with Gasteiger partial charge in [0.15, 0.2) is 5.60 Å². The molecule has 0 saturated heterocycles. The third kappa shape index (κ3) is 8.05. The highest BCUT2D eigenvalue weighted by Crippen LogP contribution is 2.30. The number of amides is 1. The summed E-state index contributed by atoms with van der Waals surface area (Å²) >= 11 is 3.45. The topological polar surface area (TPSA) is 101 Å². The van der Waals surface area contributed by atoms with Gasteiger partial charge in [0, 0.05) is 35.1 Å². The van der Waals surface area contributed by atoms with Gasteiger partial charge in [0.2, 0.25) is 5.88 Å². The SMILES string of the molecule is CC(NC(=O)C(C)(C)Oc1ccc(C(F)(F)F)cn1)C(Cc1ccc(Br)cc1)c1cccc(CC(=N)N)c1. The zero-order chi connectivity index (χ0) is 28.1. The zero-order valence-corrected chi connectivity index (χ0v) is 22.9. The summed E-state index contributed by atoms with van der Waals surface area (Å²) in [6.07, 6.45) is -2.89. The summed E-state index contributed by atoms with van der Waals surface area (Å²) in [6, 6.07) is 17.3. The number of halogens is 4. The van der Waals surface area contributed by atoms with Crippen molar-refractivity contribution in [3.8, 4) is 5.88 Å². The molecule has 0 radical (unpaired) electrons. The van der Waals surface area contributed by atoms with Crippen LogP contribution in [0.1, 0.15) is 48.9 Å². The molecule has 1 amide bonds. The van der Waals surface area contributed by atoms with E-state index in [-0.39, 0.29) is 23.7 Å². The Labute approximate surface area is 228 Å². The van der Waals surface area contributed by atoms with Crippen molar-refractivity contribution >= 4 is 27.7 Å². The Kier molecular flexibility index (Phi) is 9.19. The minimum absolute atomic E-state index is 0.0590. The van der Waals surface area contributed by atoms with E-state index < -0.39 is 23.2 Å². The highest BCUT2D eigenvalue weighted by Gasteiger charge is 2.34. The fourth-order valence-electron chi connectivity index (χ4n) is 4.01. The molecule has 0 saturated carbocycles. The van der Waals surface area contributed by atoms with E-state index in [0.717, 1.165) is 33.3 Å². The quantitative estimate of drug-likeness (QED) is 0.198. The van der Waals surface area contributed by atoms with Gasteiger partial charge in [-0.15, -0.1) is 0 Å². The highest BCUT2D eigenvalue weighted by atomic mass is 79.9. The summed E-state index contributed by atoms with van der Waals surface area (Å²) in [5, 5.41) is 10.6. The second kappa shape index (κ2) is 12.0. The molecule has 2 atom stereocenters. The molecule has 2 unspecified atom stereocenters. The molecule has 0 aliphatic heterocycles. The molecule has 38 heavy (non-hydrogen) atoms. The van der Waals surface area contributed by atoms with E-state index in [2.05, 4.69) is 26.2 Å². The summed E-state index contributed by atoms with van der Waals surface area (Å²) in [5.41, 5.74) is 6.24. The Bertz CT molecular complexity index is 1260. The number of amidine groups is 1. The first kappa shape index (κ1) is 29.2. The van der Waals surface area contributed by atoms with Crippen molar-refractivity contribution in [1.82, 2.24) is 10.3 Å². The second-order valence-electron chi connectivity index (χ2n) is 9.64. The molecule has 10 heteroatoms. The van der Waals surface area contributed by atoms with Gasteiger partial charge in [0.05, 0.1) is 11.4 Å². The van der Waals surface area contributed by atoms with Crippen LogP contribution in [0.15, 0.2) is 71.3 Å². The maximum absolute atomic E-state index is 13.3. The van der Waals surface area contributed by atoms with Crippen molar-refractivity contribution in [3.63, 3.8) is 0 Å². The molecule has 1 aromatic heterocycles. The Hall–Kier alpha value is -3.40. The van der Waals surface area contributed by atoms with Gasteiger partial charge in [0.25, 0.3) is 5.91 Å². The van der Waals surface area contributed by atoms with E-state index in [1.165, 1.54) is 13.8 Å². The second-order valence-corrected chi connectivity index (χ2v) is 10.6. The van der Waals surface area contributed by atoms with Crippen LogP contribution in [0, 0.1) is 5.41 Å². The Balaban J connectivity index is 1.81. The molecular weight excluding hydrogens is 561 g/mol. The Morgan fingerprint density at radius 3 is 2.37 bits per heavy atom. The van der Waals surface area contributed by atoms with E-state index >= 15 is 0 Å². The lowest BCUT2D eigenvalue weighted by molar-refractivity contribution is -0.138. The first-order chi connectivity index (χ1) is 17.7. The van der Waals surface area contributed by atoms with Crippen LogP contribution < -0.4 is 15.8 Å². The highest BCUT2D eigenvalue weighted by molar-refractivity contribution is 9.10. The average Bonchev–Trinajstić information content (AvgIpc) is 2.83. The van der Waals surface area contributed by atoms with Gasteiger partial charge in [-0.2, -0.15) is 13.2 Å². The van der Waals surface area contributed by atoms with Crippen LogP contribution in [0.4, 0.5) is 13.2 Å². The molecule has 0 aliphatic rings. The van der Waals surface area contributed by atoms with Crippen molar-refractivity contribution < 1.29 is 22.7 Å². The van der Waals surface area contributed by atoms with Crippen molar-refractivity contribution in [3.05, 3.63) is 93.6 Å². The van der Waals surface area contributed by atoms with Crippen molar-refractivity contribution in [1.29, 1.82) is 5.41 Å². The number of hydrogen-bond donors (Lipinski definition) is 3. The van der Waals surface area contributed by atoms with E-state index in [1.54, 1.807) is 0 Å². The minimum atomic E-state index is -4.51. The molecule has 3 aromatic rings. The number of pyridine rings is 1. The molecule has 6 nitrogen and oxygen atoms in total. The number of nitrogens with two attached hydrogens (primary N) is 1. The Morgan fingerprint density at radius 2 is 1.79 bits per heavy atom. The van der Waals surface area contributed by atoms with Crippen LogP contribution in [-0.2, 0) is 23.8 Å². The van der Waals surface area contributed by atoms with Crippen LogP contribution in [0.3, 0.4) is 0 Å². The monoisotopic (exact) mass is 590 g/mol. The number of carbonyl (C=O) groups is 1. The molecule has 4 N–H and O–H groups in total. The number of alkyl halides is 3. The number of aromatic nitrogens is 1. The molecule has 1 heterocycles. The fraction of sp³-hybridized carbons (Fsp3) is 0.321. The van der Waals surface area contributed by atoms with Crippen LogP contribution in [-0.4, -0.2) is 28.4 Å². The number of carbonyl (C=O) groups excluding carboxylic acids is 1. The van der Waals surface area contributed by atoms with Crippen molar-refractivity contribution in [2.24, 2.45) is 5.73 Å². The largest absolute Gasteiger partial charge is 0.462 e. The predicted octanol–water partition coefficient (Wildman–Crippen LogP) is 6.03. The molecule has 202 valence electrons. The molecule has 0 bridgehead atoms. The standard InChI is InChI=1S/C28H30BrF3N4O2/c1-17(36-26(37)27(2,3)38-25-12-9-21(16-35-25)28(30,31)32)23(14-18-7-10-22(29)11-8-18)20-6-4-5-19(13-20)15-24(33)34/h4-13,16-17,23H,14-15H2,1-3H3,(H3,33,34)(H,36,37). The van der Waals surface area contributed by atoms with Crippen LogP contribution >= 0.6 is 15.9 Å². The molecule has 0 aliphatic carbocycles. The lowest BCUT2D eigenvalue weighted by Gasteiger charge is -2.31. The fourth-order valence-corrected chi connectivity index (χ4v) is 4.27. The summed E-state index contributed by atoms with van der Waals surface area (Å²) in [4.78, 5) is 17.0. The maximum atomic E-state index is 13.3.